The van der Waals surface area contributed by atoms with Crippen molar-refractivity contribution in [3.05, 3.63) is 24.3 Å². The highest BCUT2D eigenvalue weighted by molar-refractivity contribution is 5.71. The molecule has 0 spiro atoms. The lowest BCUT2D eigenvalue weighted by atomic mass is 10.0. The lowest BCUT2D eigenvalue weighted by Gasteiger charge is -2.18. The number of hydrogen-bond acceptors (Lipinski definition) is 6. The minimum absolute atomic E-state index is 0.0701. The van der Waals surface area contributed by atoms with E-state index in [2.05, 4.69) is 45.1 Å². The van der Waals surface area contributed by atoms with Crippen molar-refractivity contribution >= 4 is 17.9 Å². The molecule has 0 saturated heterocycles. The Morgan fingerprint density at radius 1 is 0.308 bits per heavy atom. The van der Waals surface area contributed by atoms with E-state index in [9.17, 15) is 14.4 Å². The summed E-state index contributed by atoms with van der Waals surface area (Å²) < 4.78 is 16.9. The summed E-state index contributed by atoms with van der Waals surface area (Å²) in [5.74, 6) is -0.864. The molecule has 0 aromatic heterocycles. The molecule has 0 radical (unpaired) electrons. The fourth-order valence-electron chi connectivity index (χ4n) is 8.60. The van der Waals surface area contributed by atoms with Gasteiger partial charge in [0.2, 0.25) is 0 Å². The molecular formula is C59H110O6. The van der Waals surface area contributed by atoms with Crippen LogP contribution in [0.1, 0.15) is 316 Å². The van der Waals surface area contributed by atoms with Crippen molar-refractivity contribution in [2.45, 2.75) is 322 Å². The van der Waals surface area contributed by atoms with Crippen LogP contribution in [0.2, 0.25) is 0 Å². The molecule has 0 bridgehead atoms. The molecule has 0 fully saturated rings. The Balaban J connectivity index is 4.30. The first-order valence-corrected chi connectivity index (χ1v) is 28.8. The molecule has 0 heterocycles. The van der Waals surface area contributed by atoms with Crippen molar-refractivity contribution in [1.29, 1.82) is 0 Å². The Bertz CT molecular complexity index is 1050. The van der Waals surface area contributed by atoms with Crippen LogP contribution < -0.4 is 0 Å². The number of carbonyl (C=O) groups is 3. The van der Waals surface area contributed by atoms with Crippen molar-refractivity contribution in [2.24, 2.45) is 0 Å². The molecular weight excluding hydrogens is 805 g/mol. The van der Waals surface area contributed by atoms with Gasteiger partial charge in [-0.15, -0.1) is 0 Å². The van der Waals surface area contributed by atoms with Crippen molar-refractivity contribution in [3.8, 4) is 0 Å². The Morgan fingerprint density at radius 3 is 0.908 bits per heavy atom. The first-order chi connectivity index (χ1) is 32.0. The third-order valence-electron chi connectivity index (χ3n) is 12.9. The number of ether oxygens (including phenoxy) is 3. The zero-order chi connectivity index (χ0) is 47.2. The summed E-state index contributed by atoms with van der Waals surface area (Å²) in [7, 11) is 0. The Hall–Kier alpha value is -2.11. The largest absolute Gasteiger partial charge is 0.462 e. The minimum Gasteiger partial charge on any atom is -0.462 e. The molecule has 382 valence electrons. The fourth-order valence-corrected chi connectivity index (χ4v) is 8.60. The highest BCUT2D eigenvalue weighted by Crippen LogP contribution is 2.17. The lowest BCUT2D eigenvalue weighted by Crippen LogP contribution is -2.30. The topological polar surface area (TPSA) is 78.9 Å². The molecule has 0 aromatic rings. The van der Waals surface area contributed by atoms with Crippen LogP contribution in [0.5, 0.6) is 0 Å². The molecule has 0 aliphatic carbocycles. The SMILES string of the molecule is CCC/C=C\C/C=C\CCCCCCCC(=O)OCC(COC(=O)CCCCCCCCCCCCCCCCCCCCC)OC(=O)CCCCCCCCCCCCCCCCC. The van der Waals surface area contributed by atoms with Gasteiger partial charge in [0.15, 0.2) is 6.10 Å². The minimum atomic E-state index is -0.771. The summed E-state index contributed by atoms with van der Waals surface area (Å²) in [5, 5.41) is 0. The Labute approximate surface area is 404 Å². The van der Waals surface area contributed by atoms with E-state index in [0.29, 0.717) is 19.3 Å². The van der Waals surface area contributed by atoms with E-state index in [4.69, 9.17) is 14.2 Å². The summed E-state index contributed by atoms with van der Waals surface area (Å²) in [6.07, 6.45) is 63.1. The van der Waals surface area contributed by atoms with Crippen LogP contribution in [0.25, 0.3) is 0 Å². The van der Waals surface area contributed by atoms with Gasteiger partial charge in [-0.3, -0.25) is 14.4 Å². The Morgan fingerprint density at radius 2 is 0.585 bits per heavy atom. The molecule has 1 unspecified atom stereocenters. The van der Waals surface area contributed by atoms with Crippen LogP contribution in [-0.2, 0) is 28.6 Å². The van der Waals surface area contributed by atoms with Crippen LogP contribution in [0.4, 0.5) is 0 Å². The molecule has 0 aliphatic heterocycles. The molecule has 1 atom stereocenters. The van der Waals surface area contributed by atoms with Crippen LogP contribution in [-0.4, -0.2) is 37.2 Å². The molecule has 0 aromatic carbocycles. The second-order valence-corrected chi connectivity index (χ2v) is 19.6. The second-order valence-electron chi connectivity index (χ2n) is 19.6. The number of unbranched alkanes of at least 4 members (excludes halogenated alkanes) is 38. The predicted molar refractivity (Wildman–Crippen MR) is 279 cm³/mol. The quantitative estimate of drug-likeness (QED) is 0.0262. The number of carbonyl (C=O) groups excluding carboxylic acids is 3. The van der Waals surface area contributed by atoms with Gasteiger partial charge < -0.3 is 14.2 Å². The normalized spacial score (nSPS) is 12.1. The summed E-state index contributed by atoms with van der Waals surface area (Å²) in [6, 6.07) is 0. The molecule has 0 N–H and O–H groups in total. The lowest BCUT2D eigenvalue weighted by molar-refractivity contribution is -0.167. The van der Waals surface area contributed by atoms with Gasteiger partial charge in [-0.1, -0.05) is 276 Å². The van der Waals surface area contributed by atoms with E-state index in [1.54, 1.807) is 0 Å². The Kier molecular flexibility index (Phi) is 52.7. The summed E-state index contributed by atoms with van der Waals surface area (Å²) >= 11 is 0. The maximum absolute atomic E-state index is 12.8. The standard InChI is InChI=1S/C59H110O6/c1-4-7-10-13-16-19-22-25-27-28-29-30-32-34-37-40-43-46-49-52-58(61)64-55-56(54-63-57(60)51-48-45-42-39-36-33-24-21-18-15-12-9-6-3)65-59(62)53-50-47-44-41-38-35-31-26-23-20-17-14-11-8-5-2/h12,15,21,24,56H,4-11,13-14,16-20,22-23,25-55H2,1-3H3/b15-12-,24-21-. The van der Waals surface area contributed by atoms with E-state index in [0.717, 1.165) is 83.5 Å². The van der Waals surface area contributed by atoms with Gasteiger partial charge in [0.1, 0.15) is 13.2 Å². The van der Waals surface area contributed by atoms with Crippen LogP contribution in [0.15, 0.2) is 24.3 Å². The van der Waals surface area contributed by atoms with E-state index in [-0.39, 0.29) is 31.1 Å². The van der Waals surface area contributed by atoms with Gasteiger partial charge in [0.25, 0.3) is 0 Å². The molecule has 6 heteroatoms. The van der Waals surface area contributed by atoms with Gasteiger partial charge in [-0.05, 0) is 44.9 Å². The average molecular weight is 916 g/mol. The van der Waals surface area contributed by atoms with Crippen molar-refractivity contribution < 1.29 is 28.6 Å². The van der Waals surface area contributed by atoms with Crippen molar-refractivity contribution in [2.75, 3.05) is 13.2 Å². The third-order valence-corrected chi connectivity index (χ3v) is 12.9. The highest BCUT2D eigenvalue weighted by Gasteiger charge is 2.19. The average Bonchev–Trinajstić information content (AvgIpc) is 3.30. The number of esters is 3. The van der Waals surface area contributed by atoms with Gasteiger partial charge in [0.05, 0.1) is 0 Å². The summed E-state index contributed by atoms with van der Waals surface area (Å²) in [6.45, 7) is 6.62. The monoisotopic (exact) mass is 915 g/mol. The number of rotatable bonds is 53. The highest BCUT2D eigenvalue weighted by atomic mass is 16.6. The molecule has 65 heavy (non-hydrogen) atoms. The third kappa shape index (κ3) is 52.7. The number of hydrogen-bond donors (Lipinski definition) is 0. The second kappa shape index (κ2) is 54.5. The summed E-state index contributed by atoms with van der Waals surface area (Å²) in [4.78, 5) is 38.1. The van der Waals surface area contributed by atoms with Gasteiger partial charge in [-0.25, -0.2) is 0 Å². The first kappa shape index (κ1) is 62.9. The van der Waals surface area contributed by atoms with Crippen LogP contribution >= 0.6 is 0 Å². The maximum Gasteiger partial charge on any atom is 0.306 e. The van der Waals surface area contributed by atoms with Crippen molar-refractivity contribution in [3.63, 3.8) is 0 Å². The molecule has 0 amide bonds. The van der Waals surface area contributed by atoms with E-state index < -0.39 is 6.10 Å². The molecule has 0 saturated carbocycles. The predicted octanol–water partition coefficient (Wildman–Crippen LogP) is 19.1. The summed E-state index contributed by atoms with van der Waals surface area (Å²) in [5.41, 5.74) is 0. The smallest absolute Gasteiger partial charge is 0.306 e. The van der Waals surface area contributed by atoms with Gasteiger partial charge >= 0.3 is 17.9 Å². The zero-order valence-electron chi connectivity index (χ0n) is 43.8. The van der Waals surface area contributed by atoms with E-state index >= 15 is 0 Å². The maximum atomic E-state index is 12.8. The molecule has 0 rings (SSSR count). The van der Waals surface area contributed by atoms with Crippen LogP contribution in [0, 0.1) is 0 Å². The van der Waals surface area contributed by atoms with Crippen molar-refractivity contribution in [1.82, 2.24) is 0 Å². The van der Waals surface area contributed by atoms with Crippen LogP contribution in [0.3, 0.4) is 0 Å². The van der Waals surface area contributed by atoms with E-state index in [1.807, 2.05) is 0 Å². The zero-order valence-corrected chi connectivity index (χ0v) is 43.8. The number of allylic oxidation sites excluding steroid dienone is 4. The molecule has 0 aliphatic rings. The fraction of sp³-hybridized carbons (Fsp3) is 0.881. The van der Waals surface area contributed by atoms with Gasteiger partial charge in [-0.2, -0.15) is 0 Å². The van der Waals surface area contributed by atoms with Gasteiger partial charge in [0, 0.05) is 19.3 Å². The molecule has 6 nitrogen and oxygen atoms in total. The first-order valence-electron chi connectivity index (χ1n) is 28.8. The van der Waals surface area contributed by atoms with E-state index in [1.165, 1.54) is 193 Å².